The predicted octanol–water partition coefficient (Wildman–Crippen LogP) is 16.0. The summed E-state index contributed by atoms with van der Waals surface area (Å²) < 4.78 is 16.7. The third-order valence-electron chi connectivity index (χ3n) is 10.9. The van der Waals surface area contributed by atoms with E-state index >= 15 is 0 Å². The molecule has 0 radical (unpaired) electrons. The lowest BCUT2D eigenvalue weighted by Gasteiger charge is -2.18. The molecule has 0 aliphatic rings. The largest absolute Gasteiger partial charge is 0.462 e. The van der Waals surface area contributed by atoms with Crippen LogP contribution in [0, 0.1) is 0 Å². The van der Waals surface area contributed by atoms with Gasteiger partial charge >= 0.3 is 17.9 Å². The number of rotatable bonds is 45. The molecule has 0 aromatic heterocycles. The molecule has 1 unspecified atom stereocenters. The summed E-state index contributed by atoms with van der Waals surface area (Å²) in [4.78, 5) is 37.8. The Morgan fingerprint density at radius 2 is 0.579 bits per heavy atom. The van der Waals surface area contributed by atoms with Crippen LogP contribution in [0.5, 0.6) is 0 Å². The molecular formula is C51H94O6. The molecule has 57 heavy (non-hydrogen) atoms. The molecule has 0 aliphatic carbocycles. The molecule has 0 spiro atoms. The molecule has 334 valence electrons. The fraction of sp³-hybridized carbons (Fsp3) is 0.863. The fourth-order valence-electron chi connectivity index (χ4n) is 7.14. The topological polar surface area (TPSA) is 78.9 Å². The minimum Gasteiger partial charge on any atom is -0.462 e. The summed E-state index contributed by atoms with van der Waals surface area (Å²) >= 11 is 0. The maximum absolute atomic E-state index is 12.7. The summed E-state index contributed by atoms with van der Waals surface area (Å²) in [5.41, 5.74) is 0. The summed E-state index contributed by atoms with van der Waals surface area (Å²) in [6, 6.07) is 0. The van der Waals surface area contributed by atoms with Gasteiger partial charge in [0, 0.05) is 19.3 Å². The smallest absolute Gasteiger partial charge is 0.306 e. The molecule has 0 N–H and O–H groups in total. The second-order valence-electron chi connectivity index (χ2n) is 16.7. The second kappa shape index (κ2) is 46.6. The Balaban J connectivity index is 4.33. The van der Waals surface area contributed by atoms with Crippen LogP contribution in [0.4, 0.5) is 0 Å². The quantitative estimate of drug-likeness (QED) is 0.0264. The van der Waals surface area contributed by atoms with Crippen molar-refractivity contribution in [1.82, 2.24) is 0 Å². The van der Waals surface area contributed by atoms with Crippen LogP contribution in [-0.2, 0) is 28.6 Å². The van der Waals surface area contributed by atoms with Crippen molar-refractivity contribution in [1.29, 1.82) is 0 Å². The molecule has 0 aromatic rings. The van der Waals surface area contributed by atoms with Crippen LogP contribution in [0.3, 0.4) is 0 Å². The van der Waals surface area contributed by atoms with Gasteiger partial charge < -0.3 is 14.2 Å². The Labute approximate surface area is 353 Å². The summed E-state index contributed by atoms with van der Waals surface area (Å²) in [6.07, 6.45) is 51.6. The van der Waals surface area contributed by atoms with Crippen LogP contribution < -0.4 is 0 Å². The van der Waals surface area contributed by atoms with E-state index in [4.69, 9.17) is 14.2 Å². The van der Waals surface area contributed by atoms with Gasteiger partial charge in [0.2, 0.25) is 0 Å². The van der Waals surface area contributed by atoms with Crippen LogP contribution in [0.2, 0.25) is 0 Å². The molecule has 0 aliphatic heterocycles. The third kappa shape index (κ3) is 44.8. The first kappa shape index (κ1) is 54.9. The van der Waals surface area contributed by atoms with Crippen LogP contribution in [0.15, 0.2) is 24.3 Å². The number of unbranched alkanes of at least 4 members (excludes halogenated alkanes) is 30. The summed E-state index contributed by atoms with van der Waals surface area (Å²) in [5, 5.41) is 0. The van der Waals surface area contributed by atoms with Gasteiger partial charge in [-0.1, -0.05) is 199 Å². The number of hydrogen-bond acceptors (Lipinski definition) is 6. The Bertz CT molecular complexity index is 927. The highest BCUT2D eigenvalue weighted by molar-refractivity contribution is 5.71. The van der Waals surface area contributed by atoms with Crippen molar-refractivity contribution < 1.29 is 28.6 Å². The zero-order valence-corrected chi connectivity index (χ0v) is 38.1. The highest BCUT2D eigenvalue weighted by Crippen LogP contribution is 2.14. The molecule has 0 saturated carbocycles. The molecule has 6 heteroatoms. The first-order valence-corrected chi connectivity index (χ1v) is 24.8. The van der Waals surface area contributed by atoms with Crippen molar-refractivity contribution >= 4 is 17.9 Å². The summed E-state index contributed by atoms with van der Waals surface area (Å²) in [6.45, 7) is 6.61. The molecule has 0 bridgehead atoms. The van der Waals surface area contributed by atoms with Gasteiger partial charge in [0.25, 0.3) is 0 Å². The zero-order valence-electron chi connectivity index (χ0n) is 38.1. The van der Waals surface area contributed by atoms with E-state index in [1.54, 1.807) is 0 Å². The highest BCUT2D eigenvalue weighted by Gasteiger charge is 2.19. The number of ether oxygens (including phenoxy) is 3. The van der Waals surface area contributed by atoms with Crippen molar-refractivity contribution in [3.63, 3.8) is 0 Å². The van der Waals surface area contributed by atoms with Gasteiger partial charge in [-0.15, -0.1) is 0 Å². The monoisotopic (exact) mass is 803 g/mol. The summed E-state index contributed by atoms with van der Waals surface area (Å²) in [7, 11) is 0. The van der Waals surface area contributed by atoms with Crippen LogP contribution in [-0.4, -0.2) is 37.2 Å². The molecule has 1 atom stereocenters. The molecule has 0 rings (SSSR count). The normalized spacial score (nSPS) is 12.1. The molecule has 0 heterocycles. The predicted molar refractivity (Wildman–Crippen MR) is 243 cm³/mol. The van der Waals surface area contributed by atoms with E-state index in [0.717, 1.165) is 70.6 Å². The molecule has 0 aromatic carbocycles. The maximum atomic E-state index is 12.7. The van der Waals surface area contributed by atoms with Crippen molar-refractivity contribution in [2.75, 3.05) is 13.2 Å². The lowest BCUT2D eigenvalue weighted by molar-refractivity contribution is -0.167. The third-order valence-corrected chi connectivity index (χ3v) is 10.9. The van der Waals surface area contributed by atoms with E-state index < -0.39 is 6.10 Å². The van der Waals surface area contributed by atoms with Crippen molar-refractivity contribution in [3.05, 3.63) is 24.3 Å². The first-order valence-electron chi connectivity index (χ1n) is 24.8. The minimum absolute atomic E-state index is 0.0744. The molecular weight excluding hydrogens is 709 g/mol. The lowest BCUT2D eigenvalue weighted by Crippen LogP contribution is -2.30. The molecule has 0 amide bonds. The zero-order chi connectivity index (χ0) is 41.5. The first-order chi connectivity index (χ1) is 28.0. The van der Waals surface area contributed by atoms with E-state index in [-0.39, 0.29) is 31.1 Å². The van der Waals surface area contributed by atoms with Gasteiger partial charge in [-0.2, -0.15) is 0 Å². The van der Waals surface area contributed by atoms with E-state index in [9.17, 15) is 14.4 Å². The number of hydrogen-bond donors (Lipinski definition) is 0. The average Bonchev–Trinajstić information content (AvgIpc) is 3.21. The lowest BCUT2D eigenvalue weighted by atomic mass is 10.1. The Morgan fingerprint density at radius 3 is 0.877 bits per heavy atom. The number of allylic oxidation sites excluding steroid dienone is 4. The van der Waals surface area contributed by atoms with Crippen LogP contribution >= 0.6 is 0 Å². The second-order valence-corrected chi connectivity index (χ2v) is 16.7. The fourth-order valence-corrected chi connectivity index (χ4v) is 7.14. The van der Waals surface area contributed by atoms with E-state index in [0.29, 0.717) is 19.3 Å². The van der Waals surface area contributed by atoms with Crippen LogP contribution in [0.25, 0.3) is 0 Å². The Morgan fingerprint density at radius 1 is 0.333 bits per heavy atom. The number of esters is 3. The van der Waals surface area contributed by atoms with Gasteiger partial charge in [0.05, 0.1) is 0 Å². The van der Waals surface area contributed by atoms with Gasteiger partial charge in [-0.25, -0.2) is 0 Å². The van der Waals surface area contributed by atoms with Gasteiger partial charge in [0.1, 0.15) is 13.2 Å². The van der Waals surface area contributed by atoms with Gasteiger partial charge in [0.15, 0.2) is 6.10 Å². The van der Waals surface area contributed by atoms with Crippen LogP contribution in [0.1, 0.15) is 265 Å². The molecule has 6 nitrogen and oxygen atoms in total. The highest BCUT2D eigenvalue weighted by atomic mass is 16.6. The van der Waals surface area contributed by atoms with E-state index in [1.165, 1.54) is 154 Å². The van der Waals surface area contributed by atoms with E-state index in [2.05, 4.69) is 45.1 Å². The van der Waals surface area contributed by atoms with Gasteiger partial charge in [-0.05, 0) is 70.6 Å². The SMILES string of the molecule is CCCCCCC/C=C\CCCCCCCC(=O)OC(COC(=O)CCCCCCC/C=C\CCCCCCCCC)COC(=O)CCCCCCCCCCC. The Kier molecular flexibility index (Phi) is 44.9. The molecule has 0 fully saturated rings. The number of carbonyl (C=O) groups excluding carboxylic acids is 3. The summed E-state index contributed by atoms with van der Waals surface area (Å²) in [5.74, 6) is -0.886. The molecule has 0 saturated heterocycles. The van der Waals surface area contributed by atoms with Crippen molar-refractivity contribution in [3.8, 4) is 0 Å². The maximum Gasteiger partial charge on any atom is 0.306 e. The standard InChI is InChI=1S/C51H94O6/c1-4-7-10-13-16-19-21-23-25-26-28-29-32-35-38-41-44-50(53)56-47-48(46-55-49(52)43-40-37-34-31-18-15-12-9-6-3)57-51(54)45-42-39-36-33-30-27-24-22-20-17-14-11-8-5-2/h22,24-26,48H,4-21,23,27-47H2,1-3H3/b24-22-,26-25-. The van der Waals surface area contributed by atoms with Crippen molar-refractivity contribution in [2.45, 2.75) is 271 Å². The Hall–Kier alpha value is -2.11. The average molecular weight is 803 g/mol. The van der Waals surface area contributed by atoms with Crippen molar-refractivity contribution in [2.24, 2.45) is 0 Å². The van der Waals surface area contributed by atoms with Gasteiger partial charge in [-0.3, -0.25) is 14.4 Å². The van der Waals surface area contributed by atoms with E-state index in [1.807, 2.05) is 0 Å². The number of carbonyl (C=O) groups is 3. The minimum atomic E-state index is -0.772.